The van der Waals surface area contributed by atoms with Crippen LogP contribution in [0.25, 0.3) is 0 Å². The van der Waals surface area contributed by atoms with Crippen molar-refractivity contribution in [3.8, 4) is 5.75 Å². The van der Waals surface area contributed by atoms with Crippen LogP contribution in [0.5, 0.6) is 5.75 Å². The van der Waals surface area contributed by atoms with Gasteiger partial charge in [-0.1, -0.05) is 6.07 Å². The minimum absolute atomic E-state index is 0.0218. The molecule has 0 saturated heterocycles. The molecule has 0 aliphatic carbocycles. The highest BCUT2D eigenvalue weighted by Crippen LogP contribution is 2.38. The summed E-state index contributed by atoms with van der Waals surface area (Å²) in [5.41, 5.74) is 2.06. The molecule has 1 heterocycles. The summed E-state index contributed by atoms with van der Waals surface area (Å²) in [6.45, 7) is 0. The van der Waals surface area contributed by atoms with Gasteiger partial charge < -0.3 is 10.1 Å². The van der Waals surface area contributed by atoms with Crippen molar-refractivity contribution in [1.29, 1.82) is 0 Å². The Labute approximate surface area is 132 Å². The highest BCUT2D eigenvalue weighted by atomic mass is 79.9. The summed E-state index contributed by atoms with van der Waals surface area (Å²) in [4.78, 5) is 0. The molecule has 1 atom stereocenters. The molecule has 2 aromatic rings. The van der Waals surface area contributed by atoms with Crippen molar-refractivity contribution in [1.82, 2.24) is 5.32 Å². The minimum Gasteiger partial charge on any atom is -0.494 e. The molecule has 0 aliphatic rings. The molecule has 0 aliphatic heterocycles. The van der Waals surface area contributed by atoms with Crippen LogP contribution < -0.4 is 10.1 Å². The van der Waals surface area contributed by atoms with Gasteiger partial charge in [-0.2, -0.15) is 0 Å². The molecule has 2 rings (SSSR count). The van der Waals surface area contributed by atoms with Gasteiger partial charge in [0.2, 0.25) is 0 Å². The van der Waals surface area contributed by atoms with Crippen LogP contribution in [0.15, 0.2) is 31.8 Å². The third kappa shape index (κ3) is 3.18. The number of nitrogens with one attached hydrogen (secondary N) is 1. The molecule has 1 N–H and O–H groups in total. The van der Waals surface area contributed by atoms with E-state index in [1.165, 1.54) is 13.2 Å². The SMILES string of the molecule is CNC(c1ccc(F)c(OC)c1)c1cc(Br)sc1Br. The molecule has 0 saturated carbocycles. The minimum atomic E-state index is -0.355. The molecule has 6 heteroatoms. The van der Waals surface area contributed by atoms with Gasteiger partial charge in [-0.25, -0.2) is 4.39 Å². The Bertz CT molecular complexity index is 588. The van der Waals surface area contributed by atoms with Crippen molar-refractivity contribution < 1.29 is 9.13 Å². The Morgan fingerprint density at radius 2 is 2.05 bits per heavy atom. The van der Waals surface area contributed by atoms with E-state index in [-0.39, 0.29) is 17.6 Å². The highest BCUT2D eigenvalue weighted by molar-refractivity contribution is 9.12. The van der Waals surface area contributed by atoms with Crippen molar-refractivity contribution in [3.05, 3.63) is 48.8 Å². The lowest BCUT2D eigenvalue weighted by molar-refractivity contribution is 0.385. The van der Waals surface area contributed by atoms with Gasteiger partial charge in [0.05, 0.1) is 20.7 Å². The van der Waals surface area contributed by atoms with Crippen LogP contribution in [-0.4, -0.2) is 14.2 Å². The molecule has 1 aromatic carbocycles. The number of rotatable bonds is 4. The van der Waals surface area contributed by atoms with Gasteiger partial charge in [-0.15, -0.1) is 11.3 Å². The zero-order chi connectivity index (χ0) is 14.0. The lowest BCUT2D eigenvalue weighted by Crippen LogP contribution is -2.17. The van der Waals surface area contributed by atoms with E-state index < -0.39 is 0 Å². The first-order valence-electron chi connectivity index (χ1n) is 5.52. The molecule has 2 nitrogen and oxygen atoms in total. The summed E-state index contributed by atoms with van der Waals surface area (Å²) in [6.07, 6.45) is 0. The van der Waals surface area contributed by atoms with Gasteiger partial charge in [0, 0.05) is 0 Å². The number of hydrogen-bond acceptors (Lipinski definition) is 3. The van der Waals surface area contributed by atoms with Gasteiger partial charge >= 0.3 is 0 Å². The highest BCUT2D eigenvalue weighted by Gasteiger charge is 2.19. The van der Waals surface area contributed by atoms with Crippen LogP contribution in [0.3, 0.4) is 0 Å². The number of hydrogen-bond donors (Lipinski definition) is 1. The third-order valence-corrected chi connectivity index (χ3v) is 5.18. The fourth-order valence-corrected chi connectivity index (χ4v) is 4.81. The third-order valence-electron chi connectivity index (χ3n) is 2.79. The Hall–Kier alpha value is -0.430. The Morgan fingerprint density at radius 3 is 2.58 bits per heavy atom. The van der Waals surface area contributed by atoms with E-state index in [4.69, 9.17) is 4.74 Å². The van der Waals surface area contributed by atoms with E-state index in [2.05, 4.69) is 37.2 Å². The molecule has 1 unspecified atom stereocenters. The zero-order valence-corrected chi connectivity index (χ0v) is 14.3. The Balaban J connectivity index is 2.45. The molecular weight excluding hydrogens is 397 g/mol. The molecule has 0 spiro atoms. The molecule has 1 aromatic heterocycles. The van der Waals surface area contributed by atoms with Crippen LogP contribution in [0.4, 0.5) is 4.39 Å². The maximum absolute atomic E-state index is 13.5. The number of benzene rings is 1. The number of ether oxygens (including phenoxy) is 1. The second-order valence-corrected chi connectivity index (χ2v) is 7.64. The van der Waals surface area contributed by atoms with Crippen LogP contribution in [0.1, 0.15) is 17.2 Å². The van der Waals surface area contributed by atoms with E-state index in [0.717, 1.165) is 18.7 Å². The first-order chi connectivity index (χ1) is 9.06. The van der Waals surface area contributed by atoms with Crippen molar-refractivity contribution >= 4 is 43.2 Å². The molecule has 0 bridgehead atoms. The lowest BCUT2D eigenvalue weighted by Gasteiger charge is -2.17. The second-order valence-electron chi connectivity index (χ2n) is 3.90. The maximum atomic E-state index is 13.5. The van der Waals surface area contributed by atoms with E-state index in [0.29, 0.717) is 0 Å². The summed E-state index contributed by atoms with van der Waals surface area (Å²) in [7, 11) is 3.34. The van der Waals surface area contributed by atoms with Crippen molar-refractivity contribution in [2.75, 3.05) is 14.2 Å². The van der Waals surface area contributed by atoms with Crippen molar-refractivity contribution in [2.24, 2.45) is 0 Å². The van der Waals surface area contributed by atoms with Gasteiger partial charge in [0.15, 0.2) is 11.6 Å². The van der Waals surface area contributed by atoms with Crippen LogP contribution in [0, 0.1) is 5.82 Å². The number of halogens is 3. The number of methoxy groups -OCH3 is 1. The van der Waals surface area contributed by atoms with E-state index in [1.54, 1.807) is 23.5 Å². The summed E-state index contributed by atoms with van der Waals surface area (Å²) >= 11 is 8.63. The zero-order valence-electron chi connectivity index (χ0n) is 10.3. The molecule has 19 heavy (non-hydrogen) atoms. The monoisotopic (exact) mass is 407 g/mol. The fraction of sp³-hybridized carbons (Fsp3) is 0.231. The van der Waals surface area contributed by atoms with Gasteiger partial charge in [0.25, 0.3) is 0 Å². The van der Waals surface area contributed by atoms with E-state index >= 15 is 0 Å². The normalized spacial score (nSPS) is 12.5. The van der Waals surface area contributed by atoms with Gasteiger partial charge in [-0.3, -0.25) is 0 Å². The first kappa shape index (κ1) is 15.0. The molecule has 102 valence electrons. The van der Waals surface area contributed by atoms with Crippen LogP contribution >= 0.6 is 43.2 Å². The standard InChI is InChI=1S/C13H12Br2FNOS/c1-17-12(8-6-11(14)19-13(8)15)7-3-4-9(16)10(5-7)18-2/h3-6,12,17H,1-2H3. The Kier molecular flexibility index (Phi) is 5.00. The van der Waals surface area contributed by atoms with Crippen LogP contribution in [-0.2, 0) is 0 Å². The predicted octanol–water partition coefficient (Wildman–Crippen LogP) is 4.73. The Morgan fingerprint density at radius 1 is 1.32 bits per heavy atom. The quantitative estimate of drug-likeness (QED) is 0.789. The van der Waals surface area contributed by atoms with E-state index in [9.17, 15) is 4.39 Å². The van der Waals surface area contributed by atoms with Crippen molar-refractivity contribution in [3.63, 3.8) is 0 Å². The first-order valence-corrected chi connectivity index (χ1v) is 7.92. The molecular formula is C13H12Br2FNOS. The molecule has 0 amide bonds. The van der Waals surface area contributed by atoms with Gasteiger partial charge in [-0.05, 0) is 68.2 Å². The smallest absolute Gasteiger partial charge is 0.165 e. The summed E-state index contributed by atoms with van der Waals surface area (Å²) in [5.74, 6) is -0.102. The summed E-state index contributed by atoms with van der Waals surface area (Å²) in [5, 5.41) is 3.24. The average Bonchev–Trinajstić information content (AvgIpc) is 2.71. The number of thiophene rings is 1. The lowest BCUT2D eigenvalue weighted by atomic mass is 10.0. The van der Waals surface area contributed by atoms with E-state index in [1.807, 2.05) is 13.1 Å². The topological polar surface area (TPSA) is 21.3 Å². The van der Waals surface area contributed by atoms with Gasteiger partial charge in [0.1, 0.15) is 0 Å². The largest absolute Gasteiger partial charge is 0.494 e. The fourth-order valence-electron chi connectivity index (χ4n) is 1.91. The summed E-state index contributed by atoms with van der Waals surface area (Å²) in [6, 6.07) is 6.93. The molecule has 0 radical (unpaired) electrons. The summed E-state index contributed by atoms with van der Waals surface area (Å²) < 4.78 is 20.6. The maximum Gasteiger partial charge on any atom is 0.165 e. The second kappa shape index (κ2) is 6.35. The predicted molar refractivity (Wildman–Crippen MR) is 83.6 cm³/mol. The molecule has 0 fully saturated rings. The van der Waals surface area contributed by atoms with Crippen LogP contribution in [0.2, 0.25) is 0 Å². The van der Waals surface area contributed by atoms with Crippen molar-refractivity contribution in [2.45, 2.75) is 6.04 Å². The average molecular weight is 409 g/mol.